The van der Waals surface area contributed by atoms with Crippen LogP contribution in [0.15, 0.2) is 66.7 Å². The SMILES string of the molecule is CC.OC(CN(Cc1ccccc1)CC(O)C1CCc2cc(F)ccc2O1)C1CCc2cc(F)ccc2O1. The second-order valence-corrected chi connectivity index (χ2v) is 9.71. The number of fused-ring (bicyclic) bond motifs is 2. The van der Waals surface area contributed by atoms with Gasteiger partial charge >= 0.3 is 0 Å². The van der Waals surface area contributed by atoms with Gasteiger partial charge in [0, 0.05) is 19.6 Å². The van der Waals surface area contributed by atoms with Crippen LogP contribution in [0.4, 0.5) is 8.78 Å². The van der Waals surface area contributed by atoms with Gasteiger partial charge < -0.3 is 19.7 Å². The monoisotopic (exact) mass is 525 g/mol. The molecule has 2 aliphatic rings. The van der Waals surface area contributed by atoms with E-state index >= 15 is 0 Å². The number of halogens is 2. The van der Waals surface area contributed by atoms with Gasteiger partial charge in [0.15, 0.2) is 0 Å². The summed E-state index contributed by atoms with van der Waals surface area (Å²) in [6.45, 7) is 5.13. The maximum absolute atomic E-state index is 13.5. The van der Waals surface area contributed by atoms with Gasteiger partial charge in [0.2, 0.25) is 0 Å². The lowest BCUT2D eigenvalue weighted by atomic mass is 9.97. The quantitative estimate of drug-likeness (QED) is 0.418. The lowest BCUT2D eigenvalue weighted by Gasteiger charge is -2.35. The molecule has 5 rings (SSSR count). The Morgan fingerprint density at radius 3 is 1.71 bits per heavy atom. The molecule has 0 bridgehead atoms. The van der Waals surface area contributed by atoms with Crippen LogP contribution in [-0.2, 0) is 19.4 Å². The molecule has 0 amide bonds. The zero-order valence-electron chi connectivity index (χ0n) is 22.0. The molecule has 7 heteroatoms. The van der Waals surface area contributed by atoms with Gasteiger partial charge in [0.1, 0.15) is 47.5 Å². The van der Waals surface area contributed by atoms with Gasteiger partial charge in [-0.15, -0.1) is 0 Å². The Morgan fingerprint density at radius 1 is 0.763 bits per heavy atom. The van der Waals surface area contributed by atoms with E-state index in [0.29, 0.717) is 56.8 Å². The lowest BCUT2D eigenvalue weighted by molar-refractivity contribution is -0.0295. The van der Waals surface area contributed by atoms with Gasteiger partial charge in [-0.05, 0) is 78.8 Å². The topological polar surface area (TPSA) is 62.2 Å². The first-order valence-corrected chi connectivity index (χ1v) is 13.5. The van der Waals surface area contributed by atoms with Gasteiger partial charge in [0.25, 0.3) is 0 Å². The third-order valence-corrected chi connectivity index (χ3v) is 7.00. The summed E-state index contributed by atoms with van der Waals surface area (Å²) in [6.07, 6.45) is -0.0167. The van der Waals surface area contributed by atoms with Gasteiger partial charge in [-0.25, -0.2) is 8.78 Å². The molecule has 38 heavy (non-hydrogen) atoms. The summed E-state index contributed by atoms with van der Waals surface area (Å²) < 4.78 is 39.1. The predicted molar refractivity (Wildman–Crippen MR) is 143 cm³/mol. The van der Waals surface area contributed by atoms with E-state index in [1.54, 1.807) is 12.1 Å². The number of aliphatic hydroxyl groups is 2. The summed E-state index contributed by atoms with van der Waals surface area (Å²) in [6, 6.07) is 18.8. The number of ether oxygens (including phenoxy) is 2. The van der Waals surface area contributed by atoms with E-state index in [1.165, 1.54) is 24.3 Å². The summed E-state index contributed by atoms with van der Waals surface area (Å²) in [7, 11) is 0. The normalized spacial score (nSPS) is 19.7. The van der Waals surface area contributed by atoms with Crippen LogP contribution in [0.3, 0.4) is 0 Å². The first-order valence-electron chi connectivity index (χ1n) is 13.5. The minimum atomic E-state index is -0.796. The fourth-order valence-electron chi connectivity index (χ4n) is 5.11. The highest BCUT2D eigenvalue weighted by atomic mass is 19.1. The predicted octanol–water partition coefficient (Wildman–Crippen LogP) is 5.30. The van der Waals surface area contributed by atoms with Crippen molar-refractivity contribution in [2.75, 3.05) is 13.1 Å². The highest BCUT2D eigenvalue weighted by molar-refractivity contribution is 5.37. The van der Waals surface area contributed by atoms with E-state index in [9.17, 15) is 19.0 Å². The summed E-state index contributed by atoms with van der Waals surface area (Å²) in [4.78, 5) is 2.01. The smallest absolute Gasteiger partial charge is 0.126 e. The first kappa shape index (κ1) is 28.0. The van der Waals surface area contributed by atoms with Crippen LogP contribution in [0.25, 0.3) is 0 Å². The molecule has 2 heterocycles. The summed E-state index contributed by atoms with van der Waals surface area (Å²) in [5.41, 5.74) is 2.68. The molecule has 0 radical (unpaired) electrons. The minimum Gasteiger partial charge on any atom is -0.487 e. The second-order valence-electron chi connectivity index (χ2n) is 9.71. The molecule has 4 atom stereocenters. The molecular weight excluding hydrogens is 488 g/mol. The summed E-state index contributed by atoms with van der Waals surface area (Å²) in [5.74, 6) is 0.619. The Kier molecular flexibility index (Phi) is 9.72. The van der Waals surface area contributed by atoms with Crippen molar-refractivity contribution in [3.05, 3.63) is 95.1 Å². The van der Waals surface area contributed by atoms with Crippen LogP contribution in [0, 0.1) is 11.6 Å². The highest BCUT2D eigenvalue weighted by Crippen LogP contribution is 2.31. The molecule has 3 aromatic rings. The summed E-state index contributed by atoms with van der Waals surface area (Å²) >= 11 is 0. The standard InChI is InChI=1S/C29H31F2NO4.C2H6/c30-22-8-12-26-20(14-22)6-10-28(35-26)24(33)17-32(16-19-4-2-1-3-5-19)18-25(34)29-11-7-21-15-23(31)9-13-27(21)36-29;1-2/h1-5,8-9,12-15,24-25,28-29,33-34H,6-7,10-11,16-18H2;1-2H3. The van der Waals surface area contributed by atoms with Crippen molar-refractivity contribution in [3.63, 3.8) is 0 Å². The number of hydrogen-bond donors (Lipinski definition) is 2. The average Bonchev–Trinajstić information content (AvgIpc) is 2.94. The van der Waals surface area contributed by atoms with Crippen molar-refractivity contribution in [2.45, 2.75) is 70.5 Å². The molecular formula is C31H37F2NO4. The molecule has 0 aliphatic carbocycles. The average molecular weight is 526 g/mol. The molecule has 2 N–H and O–H groups in total. The Hall–Kier alpha value is -3.00. The Morgan fingerprint density at radius 2 is 1.24 bits per heavy atom. The maximum atomic E-state index is 13.5. The van der Waals surface area contributed by atoms with Crippen LogP contribution in [-0.4, -0.2) is 52.6 Å². The Balaban J connectivity index is 0.00000164. The molecule has 4 unspecified atom stereocenters. The van der Waals surface area contributed by atoms with Crippen LogP contribution in [0.1, 0.15) is 43.4 Å². The van der Waals surface area contributed by atoms with E-state index in [4.69, 9.17) is 9.47 Å². The van der Waals surface area contributed by atoms with E-state index in [0.717, 1.165) is 16.7 Å². The van der Waals surface area contributed by atoms with E-state index in [2.05, 4.69) is 0 Å². The molecule has 0 saturated heterocycles. The van der Waals surface area contributed by atoms with E-state index < -0.39 is 24.4 Å². The van der Waals surface area contributed by atoms with E-state index in [-0.39, 0.29) is 11.6 Å². The number of aliphatic hydroxyl groups excluding tert-OH is 2. The molecule has 5 nitrogen and oxygen atoms in total. The Labute approximate surface area is 223 Å². The molecule has 0 spiro atoms. The van der Waals surface area contributed by atoms with Crippen molar-refractivity contribution >= 4 is 0 Å². The van der Waals surface area contributed by atoms with Crippen molar-refractivity contribution in [3.8, 4) is 11.5 Å². The highest BCUT2D eigenvalue weighted by Gasteiger charge is 2.32. The maximum Gasteiger partial charge on any atom is 0.126 e. The molecule has 2 aliphatic heterocycles. The van der Waals surface area contributed by atoms with Crippen LogP contribution in [0.2, 0.25) is 0 Å². The largest absolute Gasteiger partial charge is 0.487 e. The van der Waals surface area contributed by atoms with Crippen molar-refractivity contribution in [1.29, 1.82) is 0 Å². The van der Waals surface area contributed by atoms with Crippen LogP contribution in [0.5, 0.6) is 11.5 Å². The molecule has 3 aromatic carbocycles. The first-order chi connectivity index (χ1) is 18.4. The van der Waals surface area contributed by atoms with E-state index in [1.807, 2.05) is 49.1 Å². The number of benzene rings is 3. The summed E-state index contributed by atoms with van der Waals surface area (Å²) in [5, 5.41) is 22.2. The zero-order valence-corrected chi connectivity index (χ0v) is 22.0. The minimum absolute atomic E-state index is 0.293. The second kappa shape index (κ2) is 13.2. The fraction of sp³-hybridized carbons (Fsp3) is 0.419. The van der Waals surface area contributed by atoms with Gasteiger partial charge in [-0.3, -0.25) is 4.90 Å². The van der Waals surface area contributed by atoms with Gasteiger partial charge in [-0.1, -0.05) is 44.2 Å². The third kappa shape index (κ3) is 7.10. The molecule has 204 valence electrons. The van der Waals surface area contributed by atoms with Crippen molar-refractivity contribution in [1.82, 2.24) is 4.90 Å². The number of nitrogens with zero attached hydrogens (tertiary/aromatic N) is 1. The molecule has 0 fully saturated rings. The van der Waals surface area contributed by atoms with Gasteiger partial charge in [0.05, 0.1) is 0 Å². The fourth-order valence-corrected chi connectivity index (χ4v) is 5.11. The lowest BCUT2D eigenvalue weighted by Crippen LogP contribution is -2.48. The van der Waals surface area contributed by atoms with Gasteiger partial charge in [-0.2, -0.15) is 0 Å². The zero-order chi connectivity index (χ0) is 27.1. The molecule has 0 saturated carbocycles. The molecule has 0 aromatic heterocycles. The number of hydrogen-bond acceptors (Lipinski definition) is 5. The van der Waals surface area contributed by atoms with Crippen LogP contribution < -0.4 is 9.47 Å². The van der Waals surface area contributed by atoms with Crippen LogP contribution >= 0.6 is 0 Å². The number of aryl methyl sites for hydroxylation is 2. The third-order valence-electron chi connectivity index (χ3n) is 7.00. The van der Waals surface area contributed by atoms with Crippen molar-refractivity contribution in [2.24, 2.45) is 0 Å². The Bertz CT molecular complexity index is 1100. The van der Waals surface area contributed by atoms with Crippen molar-refractivity contribution < 1.29 is 28.5 Å². The number of rotatable bonds is 8.